The first-order valence-electron chi connectivity index (χ1n) is 7.54. The summed E-state index contributed by atoms with van der Waals surface area (Å²) in [5.74, 6) is 0.152. The molecule has 5 nitrogen and oxygen atoms in total. The molecule has 1 amide bonds. The number of carbonyl (C=O) groups is 1. The Morgan fingerprint density at radius 1 is 1.27 bits per heavy atom. The van der Waals surface area contributed by atoms with Gasteiger partial charge in [-0.25, -0.2) is 0 Å². The van der Waals surface area contributed by atoms with Crippen molar-refractivity contribution in [2.24, 2.45) is 0 Å². The number of hydrogen-bond donors (Lipinski definition) is 2. The fourth-order valence-electron chi connectivity index (χ4n) is 2.94. The predicted molar refractivity (Wildman–Crippen MR) is 87.1 cm³/mol. The Bertz CT molecular complexity index is 662. The number of piperazine rings is 1. The first-order valence-corrected chi connectivity index (χ1v) is 7.91. The lowest BCUT2D eigenvalue weighted by atomic mass is 10.1. The number of aliphatic hydroxyl groups is 1. The number of halogens is 1. The summed E-state index contributed by atoms with van der Waals surface area (Å²) in [4.78, 5) is 19.7. The van der Waals surface area contributed by atoms with Crippen LogP contribution < -0.4 is 0 Å². The molecule has 0 spiro atoms. The Kier molecular flexibility index (Phi) is 4.66. The zero-order chi connectivity index (χ0) is 15.5. The molecule has 1 fully saturated rings. The van der Waals surface area contributed by atoms with Gasteiger partial charge in [-0.3, -0.25) is 9.69 Å². The van der Waals surface area contributed by atoms with E-state index in [4.69, 9.17) is 16.7 Å². The Hall–Kier alpha value is -1.56. The fraction of sp³-hybridized carbons (Fsp3) is 0.438. The molecule has 1 aromatic heterocycles. The number of H-pyrrole nitrogens is 1. The van der Waals surface area contributed by atoms with Crippen molar-refractivity contribution in [2.45, 2.75) is 6.42 Å². The molecular weight excluding hydrogens is 302 g/mol. The van der Waals surface area contributed by atoms with E-state index in [1.54, 1.807) is 0 Å². The molecule has 118 valence electrons. The van der Waals surface area contributed by atoms with Gasteiger partial charge >= 0.3 is 0 Å². The van der Waals surface area contributed by atoms with E-state index in [1.165, 1.54) is 0 Å². The predicted octanol–water partition coefficient (Wildman–Crippen LogP) is 1.50. The summed E-state index contributed by atoms with van der Waals surface area (Å²) in [5.41, 5.74) is 1.97. The third-order valence-corrected chi connectivity index (χ3v) is 4.45. The zero-order valence-electron chi connectivity index (χ0n) is 12.4. The number of aliphatic hydroxyl groups excluding tert-OH is 1. The quantitative estimate of drug-likeness (QED) is 0.897. The van der Waals surface area contributed by atoms with Gasteiger partial charge < -0.3 is 15.0 Å². The highest BCUT2D eigenvalue weighted by molar-refractivity contribution is 6.31. The summed E-state index contributed by atoms with van der Waals surface area (Å²) in [6, 6.07) is 5.67. The molecule has 0 atom stereocenters. The van der Waals surface area contributed by atoms with E-state index >= 15 is 0 Å². The number of nitrogens with one attached hydrogen (secondary N) is 1. The highest BCUT2D eigenvalue weighted by atomic mass is 35.5. The van der Waals surface area contributed by atoms with Crippen molar-refractivity contribution in [3.63, 3.8) is 0 Å². The van der Waals surface area contributed by atoms with E-state index < -0.39 is 0 Å². The van der Waals surface area contributed by atoms with Crippen LogP contribution in [-0.4, -0.2) is 65.1 Å². The smallest absolute Gasteiger partial charge is 0.227 e. The molecule has 1 aromatic carbocycles. The van der Waals surface area contributed by atoms with Crippen molar-refractivity contribution in [1.29, 1.82) is 0 Å². The largest absolute Gasteiger partial charge is 0.395 e. The molecule has 0 radical (unpaired) electrons. The number of benzene rings is 1. The minimum atomic E-state index is 0.152. The minimum Gasteiger partial charge on any atom is -0.395 e. The number of amides is 1. The van der Waals surface area contributed by atoms with Gasteiger partial charge in [0.25, 0.3) is 0 Å². The number of hydrogen-bond acceptors (Lipinski definition) is 3. The number of carbonyl (C=O) groups excluding carboxylic acids is 1. The maximum absolute atomic E-state index is 12.5. The van der Waals surface area contributed by atoms with Crippen LogP contribution in [-0.2, 0) is 11.2 Å². The Morgan fingerprint density at radius 3 is 2.77 bits per heavy atom. The second-order valence-electron chi connectivity index (χ2n) is 5.63. The standard InChI is InChI=1S/C16H20ClN3O2/c17-13-1-2-14-12(11-18-15(14)10-13)9-16(22)20-5-3-19(4-6-20)7-8-21/h1-2,10-11,18,21H,3-9H2. The van der Waals surface area contributed by atoms with Crippen LogP contribution in [0.5, 0.6) is 0 Å². The average molecular weight is 322 g/mol. The molecule has 22 heavy (non-hydrogen) atoms. The second-order valence-corrected chi connectivity index (χ2v) is 6.06. The molecule has 2 N–H and O–H groups in total. The van der Waals surface area contributed by atoms with Crippen molar-refractivity contribution in [1.82, 2.24) is 14.8 Å². The van der Waals surface area contributed by atoms with Gasteiger partial charge in [-0.05, 0) is 17.7 Å². The Labute approximate surface area is 134 Å². The third kappa shape index (κ3) is 3.27. The molecule has 2 heterocycles. The van der Waals surface area contributed by atoms with Crippen LogP contribution in [0.25, 0.3) is 10.9 Å². The van der Waals surface area contributed by atoms with Gasteiger partial charge in [-0.2, -0.15) is 0 Å². The van der Waals surface area contributed by atoms with Gasteiger partial charge in [0.2, 0.25) is 5.91 Å². The molecular formula is C16H20ClN3O2. The Balaban J connectivity index is 1.64. The summed E-state index contributed by atoms with van der Waals surface area (Å²) >= 11 is 5.98. The van der Waals surface area contributed by atoms with E-state index in [2.05, 4.69) is 9.88 Å². The van der Waals surface area contributed by atoms with E-state index in [-0.39, 0.29) is 12.5 Å². The molecule has 1 aliphatic rings. The third-order valence-electron chi connectivity index (χ3n) is 4.21. The van der Waals surface area contributed by atoms with Crippen molar-refractivity contribution in [3.05, 3.63) is 35.0 Å². The van der Waals surface area contributed by atoms with Crippen molar-refractivity contribution in [3.8, 4) is 0 Å². The number of β-amino-alcohol motifs (C(OH)–C–C–N with tert-alkyl or cyclic N) is 1. The van der Waals surface area contributed by atoms with Gasteiger partial charge in [0.05, 0.1) is 13.0 Å². The van der Waals surface area contributed by atoms with E-state index in [9.17, 15) is 4.79 Å². The van der Waals surface area contributed by atoms with E-state index in [0.717, 1.165) is 42.6 Å². The lowest BCUT2D eigenvalue weighted by Crippen LogP contribution is -2.49. The molecule has 0 saturated carbocycles. The molecule has 0 unspecified atom stereocenters. The highest BCUT2D eigenvalue weighted by Crippen LogP contribution is 2.22. The molecule has 1 saturated heterocycles. The topological polar surface area (TPSA) is 59.6 Å². The van der Waals surface area contributed by atoms with Crippen LogP contribution in [0.15, 0.2) is 24.4 Å². The first kappa shape index (κ1) is 15.3. The second kappa shape index (κ2) is 6.69. The summed E-state index contributed by atoms with van der Waals surface area (Å²) in [5, 5.41) is 10.7. The van der Waals surface area contributed by atoms with Crippen LogP contribution in [0.1, 0.15) is 5.56 Å². The number of nitrogens with zero attached hydrogens (tertiary/aromatic N) is 2. The van der Waals surface area contributed by atoms with Crippen LogP contribution in [0.3, 0.4) is 0 Å². The number of aromatic nitrogens is 1. The van der Waals surface area contributed by atoms with Crippen LogP contribution in [0.2, 0.25) is 5.02 Å². The number of rotatable bonds is 4. The summed E-state index contributed by atoms with van der Waals surface area (Å²) in [6.45, 7) is 3.97. The van der Waals surface area contributed by atoms with Crippen LogP contribution in [0, 0.1) is 0 Å². The van der Waals surface area contributed by atoms with Gasteiger partial charge in [0, 0.05) is 54.8 Å². The monoisotopic (exact) mass is 321 g/mol. The van der Waals surface area contributed by atoms with Crippen molar-refractivity contribution in [2.75, 3.05) is 39.3 Å². The number of aromatic amines is 1. The molecule has 1 aliphatic heterocycles. The summed E-state index contributed by atoms with van der Waals surface area (Å²) in [7, 11) is 0. The summed E-state index contributed by atoms with van der Waals surface area (Å²) in [6.07, 6.45) is 2.29. The maximum Gasteiger partial charge on any atom is 0.227 e. The van der Waals surface area contributed by atoms with Gasteiger partial charge in [0.15, 0.2) is 0 Å². The van der Waals surface area contributed by atoms with Gasteiger partial charge in [-0.15, -0.1) is 0 Å². The minimum absolute atomic E-state index is 0.152. The molecule has 0 bridgehead atoms. The lowest BCUT2D eigenvalue weighted by Gasteiger charge is -2.34. The molecule has 3 rings (SSSR count). The van der Waals surface area contributed by atoms with Gasteiger partial charge in [-0.1, -0.05) is 17.7 Å². The van der Waals surface area contributed by atoms with E-state index in [0.29, 0.717) is 18.0 Å². The average Bonchev–Trinajstić information content (AvgIpc) is 2.90. The molecule has 6 heteroatoms. The molecule has 0 aliphatic carbocycles. The number of fused-ring (bicyclic) bond motifs is 1. The first-order chi connectivity index (χ1) is 10.7. The Morgan fingerprint density at radius 2 is 2.05 bits per heavy atom. The maximum atomic E-state index is 12.5. The molecule has 2 aromatic rings. The lowest BCUT2D eigenvalue weighted by molar-refractivity contribution is -0.132. The zero-order valence-corrected chi connectivity index (χ0v) is 13.1. The van der Waals surface area contributed by atoms with Crippen LogP contribution in [0.4, 0.5) is 0 Å². The highest BCUT2D eigenvalue weighted by Gasteiger charge is 2.21. The van der Waals surface area contributed by atoms with Crippen molar-refractivity contribution >= 4 is 28.4 Å². The van der Waals surface area contributed by atoms with Gasteiger partial charge in [0.1, 0.15) is 0 Å². The summed E-state index contributed by atoms with van der Waals surface area (Å²) < 4.78 is 0. The normalized spacial score (nSPS) is 16.4. The fourth-order valence-corrected chi connectivity index (χ4v) is 3.11. The van der Waals surface area contributed by atoms with Crippen molar-refractivity contribution < 1.29 is 9.90 Å². The SMILES string of the molecule is O=C(Cc1c[nH]c2cc(Cl)ccc12)N1CCN(CCO)CC1. The van der Waals surface area contributed by atoms with Crippen LogP contribution >= 0.6 is 11.6 Å². The van der Waals surface area contributed by atoms with E-state index in [1.807, 2.05) is 29.3 Å².